The second-order valence-corrected chi connectivity index (χ2v) is 7.18. The third kappa shape index (κ3) is 4.32. The smallest absolute Gasteiger partial charge is 0.296 e. The topological polar surface area (TPSA) is 159 Å². The number of benzene rings is 2. The zero-order valence-corrected chi connectivity index (χ0v) is 13.0. The molecule has 0 amide bonds. The molecule has 0 heterocycles. The second-order valence-electron chi connectivity index (χ2n) is 4.37. The molecule has 0 atom stereocenters. The molecule has 0 aliphatic carbocycles. The normalized spacial score (nSPS) is 12.6. The molecule has 0 saturated heterocycles. The standard InChI is InChI=1S/C12H11N3O6S2/c13-11-5-4-9(7-12(11)23(19,20)21)15-14-8-2-1-3-10(6-8)22(16,17)18/h1-7H,13H2,(H,16,17,18)(H,19,20,21)/b15-14+. The molecule has 122 valence electrons. The summed E-state index contributed by atoms with van der Waals surface area (Å²) >= 11 is 0. The average molecular weight is 357 g/mol. The summed E-state index contributed by atoms with van der Waals surface area (Å²) in [5.74, 6) is 0. The van der Waals surface area contributed by atoms with E-state index in [-0.39, 0.29) is 22.0 Å². The molecule has 0 fully saturated rings. The molecule has 2 aromatic carbocycles. The number of rotatable bonds is 4. The second kappa shape index (κ2) is 6.04. The number of hydrogen-bond acceptors (Lipinski definition) is 7. The summed E-state index contributed by atoms with van der Waals surface area (Å²) < 4.78 is 62.3. The SMILES string of the molecule is Nc1ccc(/N=N/c2cccc(S(=O)(=O)O)c2)cc1S(=O)(=O)O. The molecule has 0 unspecified atom stereocenters. The summed E-state index contributed by atoms with van der Waals surface area (Å²) in [5, 5.41) is 7.47. The van der Waals surface area contributed by atoms with Crippen LogP contribution in [0.2, 0.25) is 0 Å². The molecule has 0 aromatic heterocycles. The van der Waals surface area contributed by atoms with E-state index in [0.717, 1.165) is 12.1 Å². The molecule has 0 spiro atoms. The zero-order valence-electron chi connectivity index (χ0n) is 11.4. The predicted molar refractivity (Wildman–Crippen MR) is 81.1 cm³/mol. The minimum atomic E-state index is -4.50. The van der Waals surface area contributed by atoms with Crippen molar-refractivity contribution in [3.05, 3.63) is 42.5 Å². The largest absolute Gasteiger partial charge is 0.398 e. The average Bonchev–Trinajstić information content (AvgIpc) is 2.44. The Kier molecular flexibility index (Phi) is 4.47. The Hall–Kier alpha value is -2.34. The van der Waals surface area contributed by atoms with Crippen LogP contribution in [0.15, 0.2) is 62.5 Å². The number of anilines is 1. The molecule has 0 aliphatic heterocycles. The van der Waals surface area contributed by atoms with Crippen molar-refractivity contribution in [1.82, 2.24) is 0 Å². The number of hydrogen-bond donors (Lipinski definition) is 3. The van der Waals surface area contributed by atoms with Crippen LogP contribution in [0.4, 0.5) is 17.1 Å². The Morgan fingerprint density at radius 2 is 1.43 bits per heavy atom. The lowest BCUT2D eigenvalue weighted by atomic mass is 10.3. The Bertz CT molecular complexity index is 984. The van der Waals surface area contributed by atoms with Gasteiger partial charge < -0.3 is 5.73 Å². The van der Waals surface area contributed by atoms with Crippen LogP contribution in [0, 0.1) is 0 Å². The van der Waals surface area contributed by atoms with Gasteiger partial charge in [-0.15, -0.1) is 0 Å². The lowest BCUT2D eigenvalue weighted by molar-refractivity contribution is 0.481. The van der Waals surface area contributed by atoms with Crippen LogP contribution in [-0.4, -0.2) is 25.9 Å². The number of azo groups is 1. The van der Waals surface area contributed by atoms with Crippen molar-refractivity contribution in [2.45, 2.75) is 9.79 Å². The third-order valence-corrected chi connectivity index (χ3v) is 4.43. The quantitative estimate of drug-likeness (QED) is 0.429. The Labute approximate surface area is 132 Å². The first kappa shape index (κ1) is 17.0. The van der Waals surface area contributed by atoms with Crippen molar-refractivity contribution in [2.24, 2.45) is 10.2 Å². The Morgan fingerprint density at radius 1 is 0.826 bits per heavy atom. The molecule has 0 saturated carbocycles. The fraction of sp³-hybridized carbons (Fsp3) is 0. The molecule has 2 rings (SSSR count). The summed E-state index contributed by atoms with van der Waals surface area (Å²) in [6, 6.07) is 8.64. The molecule has 0 bridgehead atoms. The maximum Gasteiger partial charge on any atom is 0.296 e. The lowest BCUT2D eigenvalue weighted by Crippen LogP contribution is -2.02. The van der Waals surface area contributed by atoms with E-state index in [0.29, 0.717) is 0 Å². The first-order valence-corrected chi connectivity index (χ1v) is 8.82. The minimum absolute atomic E-state index is 0.0732. The third-order valence-electron chi connectivity index (χ3n) is 2.67. The highest BCUT2D eigenvalue weighted by Crippen LogP contribution is 2.26. The zero-order chi connectivity index (χ0) is 17.3. The molecular formula is C12H11N3O6S2. The van der Waals surface area contributed by atoms with Crippen LogP contribution in [0.1, 0.15) is 0 Å². The first-order valence-electron chi connectivity index (χ1n) is 5.94. The van der Waals surface area contributed by atoms with E-state index in [2.05, 4.69) is 10.2 Å². The molecule has 0 radical (unpaired) electrons. The first-order chi connectivity index (χ1) is 10.6. The van der Waals surface area contributed by atoms with Crippen LogP contribution in [0.3, 0.4) is 0 Å². The van der Waals surface area contributed by atoms with Gasteiger partial charge in [-0.25, -0.2) is 0 Å². The lowest BCUT2D eigenvalue weighted by Gasteiger charge is -2.02. The fourth-order valence-corrected chi connectivity index (χ4v) is 2.79. The van der Waals surface area contributed by atoms with Crippen LogP contribution in [0.5, 0.6) is 0 Å². The van der Waals surface area contributed by atoms with E-state index in [1.54, 1.807) is 0 Å². The molecule has 23 heavy (non-hydrogen) atoms. The van der Waals surface area contributed by atoms with Gasteiger partial charge in [0, 0.05) is 0 Å². The van der Waals surface area contributed by atoms with E-state index in [4.69, 9.17) is 14.8 Å². The number of nitrogen functional groups attached to an aromatic ring is 1. The molecule has 0 aliphatic rings. The van der Waals surface area contributed by atoms with Gasteiger partial charge in [0.05, 0.1) is 22.0 Å². The molecular weight excluding hydrogens is 346 g/mol. The van der Waals surface area contributed by atoms with Gasteiger partial charge in [-0.05, 0) is 36.4 Å². The van der Waals surface area contributed by atoms with Crippen molar-refractivity contribution >= 4 is 37.3 Å². The Morgan fingerprint density at radius 3 is 2.00 bits per heavy atom. The van der Waals surface area contributed by atoms with Crippen molar-refractivity contribution in [3.8, 4) is 0 Å². The molecule has 2 aromatic rings. The van der Waals surface area contributed by atoms with Gasteiger partial charge in [0.2, 0.25) is 0 Å². The summed E-state index contributed by atoms with van der Waals surface area (Å²) in [5.41, 5.74) is 5.48. The van der Waals surface area contributed by atoms with Gasteiger partial charge in [-0.1, -0.05) is 6.07 Å². The summed E-state index contributed by atoms with van der Waals surface area (Å²) in [6.07, 6.45) is 0. The highest BCUT2D eigenvalue weighted by molar-refractivity contribution is 7.86. The van der Waals surface area contributed by atoms with Gasteiger partial charge in [0.15, 0.2) is 0 Å². The van der Waals surface area contributed by atoms with E-state index in [9.17, 15) is 16.8 Å². The fourth-order valence-electron chi connectivity index (χ4n) is 1.63. The maximum atomic E-state index is 11.1. The van der Waals surface area contributed by atoms with Crippen LogP contribution in [0.25, 0.3) is 0 Å². The van der Waals surface area contributed by atoms with Crippen LogP contribution >= 0.6 is 0 Å². The van der Waals surface area contributed by atoms with E-state index < -0.39 is 25.1 Å². The molecule has 4 N–H and O–H groups in total. The maximum absolute atomic E-state index is 11.1. The predicted octanol–water partition coefficient (Wildman–Crippen LogP) is 2.18. The highest BCUT2D eigenvalue weighted by Gasteiger charge is 2.14. The summed E-state index contributed by atoms with van der Waals surface area (Å²) in [4.78, 5) is -0.870. The summed E-state index contributed by atoms with van der Waals surface area (Å²) in [6.45, 7) is 0. The van der Waals surface area contributed by atoms with Crippen LogP contribution in [-0.2, 0) is 20.2 Å². The van der Waals surface area contributed by atoms with E-state index >= 15 is 0 Å². The van der Waals surface area contributed by atoms with Crippen molar-refractivity contribution in [2.75, 3.05) is 5.73 Å². The van der Waals surface area contributed by atoms with Gasteiger partial charge in [-0.3, -0.25) is 9.11 Å². The molecule has 11 heteroatoms. The van der Waals surface area contributed by atoms with Gasteiger partial charge in [0.1, 0.15) is 4.90 Å². The van der Waals surface area contributed by atoms with Gasteiger partial charge in [0.25, 0.3) is 20.2 Å². The number of nitrogens with zero attached hydrogens (tertiary/aromatic N) is 2. The monoisotopic (exact) mass is 357 g/mol. The number of nitrogens with two attached hydrogens (primary N) is 1. The van der Waals surface area contributed by atoms with Crippen molar-refractivity contribution in [1.29, 1.82) is 0 Å². The highest BCUT2D eigenvalue weighted by atomic mass is 32.2. The minimum Gasteiger partial charge on any atom is -0.398 e. The van der Waals surface area contributed by atoms with Gasteiger partial charge in [-0.2, -0.15) is 27.1 Å². The van der Waals surface area contributed by atoms with E-state index in [1.165, 1.54) is 30.3 Å². The Balaban J connectivity index is 2.39. The van der Waals surface area contributed by atoms with Gasteiger partial charge >= 0.3 is 0 Å². The molecule has 9 nitrogen and oxygen atoms in total. The van der Waals surface area contributed by atoms with Crippen LogP contribution < -0.4 is 5.73 Å². The summed E-state index contributed by atoms with van der Waals surface area (Å²) in [7, 11) is -8.87. The van der Waals surface area contributed by atoms with Crippen molar-refractivity contribution < 1.29 is 25.9 Å². The van der Waals surface area contributed by atoms with Crippen molar-refractivity contribution in [3.63, 3.8) is 0 Å². The van der Waals surface area contributed by atoms with E-state index in [1.807, 2.05) is 0 Å².